The highest BCUT2D eigenvalue weighted by atomic mass is 127. The van der Waals surface area contributed by atoms with Crippen LogP contribution in [0.5, 0.6) is 0 Å². The van der Waals surface area contributed by atoms with E-state index in [4.69, 9.17) is 5.26 Å². The van der Waals surface area contributed by atoms with Crippen molar-refractivity contribution in [2.24, 2.45) is 0 Å². The van der Waals surface area contributed by atoms with Crippen LogP contribution in [-0.2, 0) is 0 Å². The SMILES string of the molecule is Cc1ccnc(-n2cc(I)cn2)c1C#N. The predicted molar refractivity (Wildman–Crippen MR) is 63.5 cm³/mol. The van der Waals surface area contributed by atoms with E-state index in [9.17, 15) is 0 Å². The number of hydrogen-bond acceptors (Lipinski definition) is 3. The number of pyridine rings is 1. The first-order valence-electron chi connectivity index (χ1n) is 4.28. The maximum atomic E-state index is 9.03. The Morgan fingerprint density at radius 2 is 2.33 bits per heavy atom. The van der Waals surface area contributed by atoms with Crippen LogP contribution in [-0.4, -0.2) is 14.8 Å². The van der Waals surface area contributed by atoms with Gasteiger partial charge in [0.1, 0.15) is 6.07 Å². The lowest BCUT2D eigenvalue weighted by atomic mass is 10.1. The quantitative estimate of drug-likeness (QED) is 0.758. The van der Waals surface area contributed by atoms with Gasteiger partial charge in [-0.2, -0.15) is 10.4 Å². The summed E-state index contributed by atoms with van der Waals surface area (Å²) < 4.78 is 2.63. The molecule has 0 saturated heterocycles. The highest BCUT2D eigenvalue weighted by Gasteiger charge is 2.09. The minimum Gasteiger partial charge on any atom is -0.236 e. The van der Waals surface area contributed by atoms with E-state index in [-0.39, 0.29) is 0 Å². The monoisotopic (exact) mass is 310 g/mol. The molecule has 0 aliphatic carbocycles. The molecule has 0 aliphatic rings. The second-order valence-electron chi connectivity index (χ2n) is 3.04. The van der Waals surface area contributed by atoms with E-state index in [0.717, 1.165) is 9.13 Å². The van der Waals surface area contributed by atoms with Gasteiger partial charge < -0.3 is 0 Å². The molecule has 15 heavy (non-hydrogen) atoms. The van der Waals surface area contributed by atoms with Crippen LogP contribution in [0.1, 0.15) is 11.1 Å². The van der Waals surface area contributed by atoms with Crippen molar-refractivity contribution in [2.45, 2.75) is 6.92 Å². The van der Waals surface area contributed by atoms with E-state index < -0.39 is 0 Å². The maximum Gasteiger partial charge on any atom is 0.171 e. The highest BCUT2D eigenvalue weighted by molar-refractivity contribution is 14.1. The van der Waals surface area contributed by atoms with Gasteiger partial charge in [-0.25, -0.2) is 9.67 Å². The molecule has 2 aromatic heterocycles. The Balaban J connectivity index is 2.63. The minimum atomic E-state index is 0.567. The number of aryl methyl sites for hydroxylation is 1. The Hall–Kier alpha value is -1.42. The standard InChI is InChI=1S/C10H7IN4/c1-7-2-3-13-10(9(7)4-12)15-6-8(11)5-14-15/h2-3,5-6H,1H3. The second-order valence-corrected chi connectivity index (χ2v) is 4.29. The minimum absolute atomic E-state index is 0.567. The molecule has 0 saturated carbocycles. The van der Waals surface area contributed by atoms with Gasteiger partial charge >= 0.3 is 0 Å². The molecule has 0 aliphatic heterocycles. The van der Waals surface area contributed by atoms with Crippen molar-refractivity contribution < 1.29 is 0 Å². The summed E-state index contributed by atoms with van der Waals surface area (Å²) in [5.74, 6) is 0.584. The summed E-state index contributed by atoms with van der Waals surface area (Å²) in [6.07, 6.45) is 5.24. The van der Waals surface area contributed by atoms with Gasteiger partial charge in [-0.15, -0.1) is 0 Å². The van der Waals surface area contributed by atoms with Crippen LogP contribution in [0.15, 0.2) is 24.7 Å². The summed E-state index contributed by atoms with van der Waals surface area (Å²) >= 11 is 2.17. The van der Waals surface area contributed by atoms with Gasteiger partial charge in [-0.1, -0.05) is 0 Å². The molecule has 0 bridgehead atoms. The highest BCUT2D eigenvalue weighted by Crippen LogP contribution is 2.15. The Kier molecular flexibility index (Phi) is 2.68. The van der Waals surface area contributed by atoms with E-state index in [0.29, 0.717) is 11.4 Å². The molecular weight excluding hydrogens is 303 g/mol. The van der Waals surface area contributed by atoms with Crippen LogP contribution in [0.4, 0.5) is 0 Å². The number of halogens is 1. The van der Waals surface area contributed by atoms with Crippen LogP contribution < -0.4 is 0 Å². The van der Waals surface area contributed by atoms with Crippen molar-refractivity contribution in [1.29, 1.82) is 5.26 Å². The third kappa shape index (κ3) is 1.85. The first-order valence-corrected chi connectivity index (χ1v) is 5.36. The van der Waals surface area contributed by atoms with E-state index in [1.54, 1.807) is 17.1 Å². The second kappa shape index (κ2) is 3.98. The zero-order valence-electron chi connectivity index (χ0n) is 7.98. The van der Waals surface area contributed by atoms with E-state index >= 15 is 0 Å². The normalized spacial score (nSPS) is 9.93. The van der Waals surface area contributed by atoms with Crippen molar-refractivity contribution in [2.75, 3.05) is 0 Å². The topological polar surface area (TPSA) is 54.5 Å². The Labute approximate surface area is 101 Å². The van der Waals surface area contributed by atoms with E-state index in [1.165, 1.54) is 0 Å². The summed E-state index contributed by atoms with van der Waals surface area (Å²) in [6.45, 7) is 1.89. The van der Waals surface area contributed by atoms with Gasteiger partial charge in [0, 0.05) is 12.4 Å². The van der Waals surface area contributed by atoms with Gasteiger partial charge in [0.15, 0.2) is 5.82 Å². The maximum absolute atomic E-state index is 9.03. The summed E-state index contributed by atoms with van der Waals surface area (Å²) in [5, 5.41) is 13.2. The molecule has 0 fully saturated rings. The molecule has 0 radical (unpaired) electrons. The van der Waals surface area contributed by atoms with Crippen molar-refractivity contribution in [3.05, 3.63) is 39.4 Å². The molecule has 2 heterocycles. The fourth-order valence-electron chi connectivity index (χ4n) is 1.27. The molecule has 0 aromatic carbocycles. The van der Waals surface area contributed by atoms with Gasteiger partial charge in [0.2, 0.25) is 0 Å². The van der Waals surface area contributed by atoms with Crippen LogP contribution in [0.3, 0.4) is 0 Å². The van der Waals surface area contributed by atoms with Crippen molar-refractivity contribution in [3.8, 4) is 11.9 Å². The molecule has 2 aromatic rings. The molecule has 5 heteroatoms. The van der Waals surface area contributed by atoms with E-state index in [1.807, 2.05) is 19.2 Å². The third-order valence-electron chi connectivity index (χ3n) is 2.02. The molecule has 0 unspecified atom stereocenters. The molecule has 4 nitrogen and oxygen atoms in total. The molecule has 0 amide bonds. The number of nitriles is 1. The van der Waals surface area contributed by atoms with Crippen molar-refractivity contribution in [3.63, 3.8) is 0 Å². The smallest absolute Gasteiger partial charge is 0.171 e. The van der Waals surface area contributed by atoms with Crippen LogP contribution in [0, 0.1) is 21.8 Å². The number of nitrogens with zero attached hydrogens (tertiary/aromatic N) is 4. The number of aromatic nitrogens is 3. The molecule has 0 spiro atoms. The fourth-order valence-corrected chi connectivity index (χ4v) is 1.66. The first-order chi connectivity index (χ1) is 7.22. The summed E-state index contributed by atoms with van der Waals surface area (Å²) in [7, 11) is 0. The van der Waals surface area contributed by atoms with Crippen LogP contribution in [0.25, 0.3) is 5.82 Å². The number of hydrogen-bond donors (Lipinski definition) is 0. The predicted octanol–water partition coefficient (Wildman–Crippen LogP) is 2.05. The lowest BCUT2D eigenvalue weighted by molar-refractivity contribution is 0.841. The lowest BCUT2D eigenvalue weighted by Crippen LogP contribution is -2.02. The van der Waals surface area contributed by atoms with Crippen molar-refractivity contribution >= 4 is 22.6 Å². The van der Waals surface area contributed by atoms with Crippen LogP contribution in [0.2, 0.25) is 0 Å². The molecule has 74 valence electrons. The molecule has 0 atom stereocenters. The molecular formula is C10H7IN4. The van der Waals surface area contributed by atoms with Gasteiger partial charge in [-0.3, -0.25) is 0 Å². The van der Waals surface area contributed by atoms with Gasteiger partial charge in [-0.05, 0) is 41.1 Å². The summed E-state index contributed by atoms with van der Waals surface area (Å²) in [6, 6.07) is 3.96. The Morgan fingerprint density at radius 3 is 2.93 bits per heavy atom. The lowest BCUT2D eigenvalue weighted by Gasteiger charge is -2.04. The zero-order chi connectivity index (χ0) is 10.8. The average Bonchev–Trinajstić information content (AvgIpc) is 2.64. The summed E-state index contributed by atoms with van der Waals surface area (Å²) in [4.78, 5) is 4.17. The van der Waals surface area contributed by atoms with E-state index in [2.05, 4.69) is 38.7 Å². The van der Waals surface area contributed by atoms with Gasteiger partial charge in [0.25, 0.3) is 0 Å². The fraction of sp³-hybridized carbons (Fsp3) is 0.100. The van der Waals surface area contributed by atoms with Crippen LogP contribution >= 0.6 is 22.6 Å². The molecule has 2 rings (SSSR count). The Bertz CT molecular complexity index is 539. The first kappa shape index (κ1) is 10.1. The summed E-state index contributed by atoms with van der Waals surface area (Å²) in [5.41, 5.74) is 1.48. The number of rotatable bonds is 1. The van der Waals surface area contributed by atoms with Crippen molar-refractivity contribution in [1.82, 2.24) is 14.8 Å². The zero-order valence-corrected chi connectivity index (χ0v) is 10.1. The Morgan fingerprint density at radius 1 is 1.53 bits per heavy atom. The average molecular weight is 310 g/mol. The third-order valence-corrected chi connectivity index (χ3v) is 2.58. The van der Waals surface area contributed by atoms with Gasteiger partial charge in [0.05, 0.1) is 15.3 Å². The molecule has 0 N–H and O–H groups in total. The largest absolute Gasteiger partial charge is 0.236 e.